The lowest BCUT2D eigenvalue weighted by atomic mass is 10.1. The summed E-state index contributed by atoms with van der Waals surface area (Å²) in [5.74, 6) is 1.07. The molecule has 0 aliphatic carbocycles. The molecule has 166 valence electrons. The number of nitrogen functional groups attached to an aromatic ring is 1. The summed E-state index contributed by atoms with van der Waals surface area (Å²) in [6.07, 6.45) is 5.08. The van der Waals surface area contributed by atoms with Crippen LogP contribution in [-0.2, 0) is 11.2 Å². The molecule has 1 aliphatic rings. The van der Waals surface area contributed by atoms with Crippen molar-refractivity contribution in [3.63, 3.8) is 0 Å². The van der Waals surface area contributed by atoms with E-state index < -0.39 is 0 Å². The lowest BCUT2D eigenvalue weighted by molar-refractivity contribution is 0.0988. The van der Waals surface area contributed by atoms with Gasteiger partial charge in [-0.15, -0.1) is 0 Å². The monoisotopic (exact) mass is 435 g/mol. The third-order valence-corrected chi connectivity index (χ3v) is 5.33. The number of hydrogen-bond donors (Lipinski definition) is 1. The minimum Gasteiger partial charge on any atom is -0.497 e. The van der Waals surface area contributed by atoms with Gasteiger partial charge in [0, 0.05) is 54.8 Å². The Hall–Kier alpha value is -3.72. The molecule has 0 unspecified atom stereocenters. The predicted octanol–water partition coefficient (Wildman–Crippen LogP) is 2.40. The standard InChI is InChI=1S/C23H25N5O4/c1-30-16-3-4-17(21(12-16)31-2)18-14-26-23(24)22(27-18)20(29)11-15-13-25-6-5-19(15)28-7-9-32-10-8-28/h3-6,12-14H,7-11H2,1-2H3,(H2,24,26). The molecule has 3 heterocycles. The maximum atomic E-state index is 13.2. The molecule has 0 amide bonds. The van der Waals surface area contributed by atoms with E-state index in [-0.39, 0.29) is 23.7 Å². The van der Waals surface area contributed by atoms with E-state index in [1.807, 2.05) is 12.1 Å². The first kappa shape index (κ1) is 21.5. The van der Waals surface area contributed by atoms with Crippen molar-refractivity contribution >= 4 is 17.3 Å². The van der Waals surface area contributed by atoms with Crippen LogP contribution in [0.4, 0.5) is 11.5 Å². The number of pyridine rings is 1. The third-order valence-electron chi connectivity index (χ3n) is 5.33. The van der Waals surface area contributed by atoms with Crippen LogP contribution in [0.5, 0.6) is 11.5 Å². The van der Waals surface area contributed by atoms with Gasteiger partial charge < -0.3 is 24.8 Å². The largest absolute Gasteiger partial charge is 0.497 e. The normalized spacial score (nSPS) is 13.6. The van der Waals surface area contributed by atoms with Crippen molar-refractivity contribution in [3.8, 4) is 22.8 Å². The molecular weight excluding hydrogens is 410 g/mol. The molecule has 1 aliphatic heterocycles. The fraction of sp³-hybridized carbons (Fsp3) is 0.304. The van der Waals surface area contributed by atoms with E-state index in [4.69, 9.17) is 19.9 Å². The van der Waals surface area contributed by atoms with E-state index in [0.29, 0.717) is 36.0 Å². The molecule has 0 radical (unpaired) electrons. The second kappa shape index (κ2) is 9.61. The summed E-state index contributed by atoms with van der Waals surface area (Å²) in [5.41, 5.74) is 9.11. The van der Waals surface area contributed by atoms with Gasteiger partial charge in [0.2, 0.25) is 0 Å². The molecule has 1 saturated heterocycles. The van der Waals surface area contributed by atoms with Gasteiger partial charge in [-0.05, 0) is 18.2 Å². The highest BCUT2D eigenvalue weighted by molar-refractivity contribution is 6.00. The summed E-state index contributed by atoms with van der Waals surface area (Å²) >= 11 is 0. The number of morpholine rings is 1. The van der Waals surface area contributed by atoms with Crippen LogP contribution < -0.4 is 20.1 Å². The van der Waals surface area contributed by atoms with Crippen molar-refractivity contribution in [2.24, 2.45) is 0 Å². The van der Waals surface area contributed by atoms with Crippen LogP contribution in [0.25, 0.3) is 11.3 Å². The van der Waals surface area contributed by atoms with Crippen molar-refractivity contribution in [3.05, 3.63) is 54.1 Å². The van der Waals surface area contributed by atoms with Crippen LogP contribution in [0.1, 0.15) is 16.1 Å². The third kappa shape index (κ3) is 4.47. The van der Waals surface area contributed by atoms with Crippen molar-refractivity contribution < 1.29 is 19.0 Å². The van der Waals surface area contributed by atoms with Crippen LogP contribution in [0, 0.1) is 0 Å². The zero-order chi connectivity index (χ0) is 22.5. The van der Waals surface area contributed by atoms with E-state index in [1.54, 1.807) is 38.7 Å². The summed E-state index contributed by atoms with van der Waals surface area (Å²) in [5, 5.41) is 0. The number of carbonyl (C=O) groups excluding carboxylic acids is 1. The first-order valence-electron chi connectivity index (χ1n) is 10.2. The van der Waals surface area contributed by atoms with Crippen LogP contribution in [-0.4, -0.2) is 61.3 Å². The van der Waals surface area contributed by atoms with Gasteiger partial charge in [0.05, 0.1) is 39.3 Å². The van der Waals surface area contributed by atoms with Crippen LogP contribution >= 0.6 is 0 Å². The Morgan fingerprint density at radius 2 is 1.97 bits per heavy atom. The average molecular weight is 435 g/mol. The number of nitrogens with zero attached hydrogens (tertiary/aromatic N) is 4. The van der Waals surface area contributed by atoms with E-state index in [2.05, 4.69) is 19.9 Å². The first-order valence-corrected chi connectivity index (χ1v) is 10.2. The minimum atomic E-state index is -0.230. The number of ether oxygens (including phenoxy) is 3. The van der Waals surface area contributed by atoms with Crippen LogP contribution in [0.3, 0.4) is 0 Å². The van der Waals surface area contributed by atoms with Gasteiger partial charge in [0.15, 0.2) is 11.6 Å². The van der Waals surface area contributed by atoms with Gasteiger partial charge in [0.1, 0.15) is 17.2 Å². The van der Waals surface area contributed by atoms with Gasteiger partial charge >= 0.3 is 0 Å². The highest BCUT2D eigenvalue weighted by Crippen LogP contribution is 2.32. The molecule has 9 nitrogen and oxygen atoms in total. The number of ketones is 1. The lowest BCUT2D eigenvalue weighted by Gasteiger charge is -2.30. The molecule has 2 N–H and O–H groups in total. The number of methoxy groups -OCH3 is 2. The Morgan fingerprint density at radius 1 is 1.16 bits per heavy atom. The van der Waals surface area contributed by atoms with Gasteiger partial charge in [0.25, 0.3) is 0 Å². The number of hydrogen-bond acceptors (Lipinski definition) is 9. The SMILES string of the molecule is COc1ccc(-c2cnc(N)c(C(=O)Cc3cnccc3N3CCOCC3)n2)c(OC)c1. The maximum absolute atomic E-state index is 13.2. The summed E-state index contributed by atoms with van der Waals surface area (Å²) in [4.78, 5) is 28.4. The Labute approximate surface area is 186 Å². The molecule has 4 rings (SSSR count). The van der Waals surface area contributed by atoms with Crippen molar-refractivity contribution in [1.82, 2.24) is 15.0 Å². The molecule has 1 aromatic carbocycles. The fourth-order valence-electron chi connectivity index (χ4n) is 3.67. The minimum absolute atomic E-state index is 0.0861. The zero-order valence-electron chi connectivity index (χ0n) is 18.1. The van der Waals surface area contributed by atoms with Crippen molar-refractivity contribution in [2.75, 3.05) is 51.2 Å². The molecule has 1 fully saturated rings. The van der Waals surface area contributed by atoms with Gasteiger partial charge in [-0.3, -0.25) is 9.78 Å². The molecular formula is C23H25N5O4. The van der Waals surface area contributed by atoms with E-state index in [1.165, 1.54) is 6.20 Å². The highest BCUT2D eigenvalue weighted by atomic mass is 16.5. The predicted molar refractivity (Wildman–Crippen MR) is 120 cm³/mol. The quantitative estimate of drug-likeness (QED) is 0.559. The second-order valence-electron chi connectivity index (χ2n) is 7.26. The topological polar surface area (TPSA) is 113 Å². The van der Waals surface area contributed by atoms with Gasteiger partial charge in [-0.1, -0.05) is 0 Å². The molecule has 2 aromatic heterocycles. The van der Waals surface area contributed by atoms with E-state index >= 15 is 0 Å². The number of carbonyl (C=O) groups is 1. The van der Waals surface area contributed by atoms with Gasteiger partial charge in [-0.25, -0.2) is 9.97 Å². The first-order chi connectivity index (χ1) is 15.6. The number of benzene rings is 1. The Kier molecular flexibility index (Phi) is 6.46. The highest BCUT2D eigenvalue weighted by Gasteiger charge is 2.21. The summed E-state index contributed by atoms with van der Waals surface area (Å²) in [7, 11) is 3.14. The number of aromatic nitrogens is 3. The van der Waals surface area contributed by atoms with Crippen molar-refractivity contribution in [2.45, 2.75) is 6.42 Å². The summed E-state index contributed by atoms with van der Waals surface area (Å²) in [6, 6.07) is 7.27. The smallest absolute Gasteiger partial charge is 0.189 e. The number of rotatable bonds is 7. The van der Waals surface area contributed by atoms with Crippen molar-refractivity contribution in [1.29, 1.82) is 0 Å². The number of Topliss-reactive ketones (excluding diaryl/α,β-unsaturated/α-hetero) is 1. The summed E-state index contributed by atoms with van der Waals surface area (Å²) in [6.45, 7) is 2.83. The molecule has 0 saturated carbocycles. The fourth-order valence-corrected chi connectivity index (χ4v) is 3.67. The second-order valence-corrected chi connectivity index (χ2v) is 7.26. The van der Waals surface area contributed by atoms with Crippen LogP contribution in [0.15, 0.2) is 42.9 Å². The lowest BCUT2D eigenvalue weighted by Crippen LogP contribution is -2.37. The van der Waals surface area contributed by atoms with E-state index in [9.17, 15) is 4.79 Å². The Morgan fingerprint density at radius 3 is 2.72 bits per heavy atom. The molecule has 0 atom stereocenters. The van der Waals surface area contributed by atoms with Crippen LogP contribution in [0.2, 0.25) is 0 Å². The molecule has 32 heavy (non-hydrogen) atoms. The maximum Gasteiger partial charge on any atom is 0.189 e. The summed E-state index contributed by atoms with van der Waals surface area (Å²) < 4.78 is 16.2. The van der Waals surface area contributed by atoms with Gasteiger partial charge in [-0.2, -0.15) is 0 Å². The molecule has 0 spiro atoms. The molecule has 0 bridgehead atoms. The zero-order valence-corrected chi connectivity index (χ0v) is 18.1. The number of anilines is 2. The average Bonchev–Trinajstić information content (AvgIpc) is 2.84. The Balaban J connectivity index is 1.64. The molecule has 3 aromatic rings. The van der Waals surface area contributed by atoms with E-state index in [0.717, 1.165) is 24.3 Å². The number of nitrogens with two attached hydrogens (primary N) is 1. The Bertz CT molecular complexity index is 1120. The molecule has 9 heteroatoms.